The second-order valence-corrected chi connectivity index (χ2v) is 18.4. The van der Waals surface area contributed by atoms with E-state index < -0.39 is 5.41 Å². The third-order valence-electron chi connectivity index (χ3n) is 14.6. The van der Waals surface area contributed by atoms with Crippen molar-refractivity contribution in [3.63, 3.8) is 0 Å². The summed E-state index contributed by atoms with van der Waals surface area (Å²) in [5, 5.41) is 2.25. The lowest BCUT2D eigenvalue weighted by molar-refractivity contribution is 0.563. The molecule has 66 heavy (non-hydrogen) atoms. The summed E-state index contributed by atoms with van der Waals surface area (Å²) in [6, 6.07) is 77.1. The van der Waals surface area contributed by atoms with Crippen molar-refractivity contribution in [2.75, 3.05) is 0 Å². The molecule has 0 fully saturated rings. The van der Waals surface area contributed by atoms with Crippen LogP contribution in [-0.2, 0) is 10.8 Å². The summed E-state index contributed by atoms with van der Waals surface area (Å²) in [6.07, 6.45) is 0. The van der Waals surface area contributed by atoms with E-state index in [0.29, 0.717) is 5.82 Å². The van der Waals surface area contributed by atoms with Gasteiger partial charge in [-0.05, 0) is 91.9 Å². The SMILES string of the molecule is Cc1c(-c2ccc(-c3ccccc3)cc2)nc(-c2ccccc2)nc1-c1cccc2c1-c1cc(-c3cccc4oc5ccccc5c34)ccc1C21c2ccccc2C(C)(C)c2ccccc21. The van der Waals surface area contributed by atoms with Crippen molar-refractivity contribution >= 4 is 21.9 Å². The first-order valence-electron chi connectivity index (χ1n) is 22.9. The van der Waals surface area contributed by atoms with E-state index in [0.717, 1.165) is 66.7 Å². The van der Waals surface area contributed by atoms with Crippen molar-refractivity contribution in [2.45, 2.75) is 31.6 Å². The van der Waals surface area contributed by atoms with Crippen molar-refractivity contribution < 1.29 is 4.42 Å². The van der Waals surface area contributed by atoms with Crippen molar-refractivity contribution in [3.05, 3.63) is 251 Å². The average molecular weight is 845 g/mol. The Morgan fingerprint density at radius 1 is 0.379 bits per heavy atom. The molecule has 0 saturated carbocycles. The predicted molar refractivity (Wildman–Crippen MR) is 271 cm³/mol. The number of rotatable bonds is 5. The van der Waals surface area contributed by atoms with Gasteiger partial charge in [-0.25, -0.2) is 9.97 Å². The zero-order chi connectivity index (χ0) is 44.1. The molecule has 11 aromatic rings. The van der Waals surface area contributed by atoms with E-state index in [-0.39, 0.29) is 5.41 Å². The van der Waals surface area contributed by atoms with Crippen LogP contribution in [-0.4, -0.2) is 9.97 Å². The minimum absolute atomic E-state index is 0.213. The summed E-state index contributed by atoms with van der Waals surface area (Å²) in [7, 11) is 0. The second-order valence-electron chi connectivity index (χ2n) is 18.4. The summed E-state index contributed by atoms with van der Waals surface area (Å²) >= 11 is 0. The van der Waals surface area contributed by atoms with Crippen LogP contribution in [0.25, 0.3) is 89.2 Å². The normalized spacial score (nSPS) is 13.9. The van der Waals surface area contributed by atoms with Crippen LogP contribution >= 0.6 is 0 Å². The number of nitrogens with zero attached hydrogens (tertiary/aromatic N) is 2. The van der Waals surface area contributed by atoms with E-state index in [2.05, 4.69) is 221 Å². The molecule has 312 valence electrons. The highest BCUT2D eigenvalue weighted by molar-refractivity contribution is 6.13. The second kappa shape index (κ2) is 14.4. The Bertz CT molecular complexity index is 3680. The standard InChI is InChI=1S/C63H44N2O/c1-39-59(42-34-32-41(33-35-42)40-18-6-4-7-19-40)64-61(43-20-8-5-9-21-43)65-60(39)47-24-16-29-54-57(47)48-38-44(45-23-17-31-56-58(45)46-22-10-15-30-55(46)66-56)36-37-49(48)63(54)52-27-13-11-25-50(52)62(2,3)51-26-12-14-28-53(51)63/h4-38H,1-3H3. The number of benzene rings is 9. The molecule has 13 rings (SSSR count). The highest BCUT2D eigenvalue weighted by atomic mass is 16.3. The van der Waals surface area contributed by atoms with Gasteiger partial charge in [0.1, 0.15) is 11.2 Å². The smallest absolute Gasteiger partial charge is 0.160 e. The number of fused-ring (bicyclic) bond motifs is 12. The average Bonchev–Trinajstić information content (AvgIpc) is 3.90. The van der Waals surface area contributed by atoms with Crippen LogP contribution < -0.4 is 0 Å². The van der Waals surface area contributed by atoms with Crippen LogP contribution in [0.5, 0.6) is 0 Å². The summed E-state index contributed by atoms with van der Waals surface area (Å²) in [5.41, 5.74) is 21.9. The molecule has 9 aromatic carbocycles. The molecule has 0 N–H and O–H groups in total. The lowest BCUT2D eigenvalue weighted by atomic mass is 9.55. The third kappa shape index (κ3) is 5.44. The van der Waals surface area contributed by atoms with Gasteiger partial charge in [-0.2, -0.15) is 0 Å². The van der Waals surface area contributed by atoms with Gasteiger partial charge in [-0.1, -0.05) is 208 Å². The molecule has 0 saturated heterocycles. The van der Waals surface area contributed by atoms with Gasteiger partial charge in [0.25, 0.3) is 0 Å². The van der Waals surface area contributed by atoms with E-state index in [1.807, 2.05) is 12.1 Å². The van der Waals surface area contributed by atoms with Crippen molar-refractivity contribution in [1.29, 1.82) is 0 Å². The minimum Gasteiger partial charge on any atom is -0.456 e. The zero-order valence-corrected chi connectivity index (χ0v) is 37.0. The monoisotopic (exact) mass is 844 g/mol. The van der Waals surface area contributed by atoms with Crippen LogP contribution in [0, 0.1) is 6.92 Å². The summed E-state index contributed by atoms with van der Waals surface area (Å²) in [5.74, 6) is 0.700. The number of para-hydroxylation sites is 1. The maximum absolute atomic E-state index is 6.45. The Labute approximate surface area is 384 Å². The van der Waals surface area contributed by atoms with Gasteiger partial charge in [0.15, 0.2) is 5.82 Å². The van der Waals surface area contributed by atoms with E-state index in [1.165, 1.54) is 55.6 Å². The third-order valence-corrected chi connectivity index (χ3v) is 14.6. The fraction of sp³-hybridized carbons (Fsp3) is 0.0794. The van der Waals surface area contributed by atoms with Gasteiger partial charge in [-0.3, -0.25) is 0 Å². The van der Waals surface area contributed by atoms with E-state index in [4.69, 9.17) is 14.4 Å². The van der Waals surface area contributed by atoms with Crippen molar-refractivity contribution in [1.82, 2.24) is 9.97 Å². The molecule has 0 atom stereocenters. The molecular formula is C63H44N2O. The molecule has 0 amide bonds. The molecule has 2 aromatic heterocycles. The van der Waals surface area contributed by atoms with Crippen LogP contribution in [0.3, 0.4) is 0 Å². The fourth-order valence-electron chi connectivity index (χ4n) is 11.6. The lowest BCUT2D eigenvalue weighted by Gasteiger charge is -2.46. The molecule has 3 nitrogen and oxygen atoms in total. The van der Waals surface area contributed by atoms with Gasteiger partial charge in [0, 0.05) is 38.4 Å². The molecule has 2 aliphatic carbocycles. The molecule has 0 radical (unpaired) electrons. The van der Waals surface area contributed by atoms with Crippen molar-refractivity contribution in [2.24, 2.45) is 0 Å². The predicted octanol–water partition coefficient (Wildman–Crippen LogP) is 16.0. The Balaban J connectivity index is 1.12. The number of hydrogen-bond acceptors (Lipinski definition) is 3. The number of aromatic nitrogens is 2. The van der Waals surface area contributed by atoms with Gasteiger partial charge < -0.3 is 4.42 Å². The molecule has 0 aliphatic heterocycles. The van der Waals surface area contributed by atoms with Gasteiger partial charge >= 0.3 is 0 Å². The van der Waals surface area contributed by atoms with E-state index in [9.17, 15) is 0 Å². The van der Waals surface area contributed by atoms with Gasteiger partial charge in [-0.15, -0.1) is 0 Å². The maximum atomic E-state index is 6.45. The Morgan fingerprint density at radius 2 is 0.909 bits per heavy atom. The molecule has 1 spiro atoms. The van der Waals surface area contributed by atoms with Crippen LogP contribution in [0.2, 0.25) is 0 Å². The summed E-state index contributed by atoms with van der Waals surface area (Å²) in [6.45, 7) is 6.96. The quantitative estimate of drug-likeness (QED) is 0.173. The molecular weight excluding hydrogens is 801 g/mol. The van der Waals surface area contributed by atoms with E-state index in [1.54, 1.807) is 0 Å². The zero-order valence-electron chi connectivity index (χ0n) is 37.0. The van der Waals surface area contributed by atoms with Crippen LogP contribution in [0.4, 0.5) is 0 Å². The largest absolute Gasteiger partial charge is 0.456 e. The Hall–Kier alpha value is -8.14. The van der Waals surface area contributed by atoms with Crippen LogP contribution in [0.1, 0.15) is 52.8 Å². The number of hydrogen-bond donors (Lipinski definition) is 0. The Morgan fingerprint density at radius 3 is 1.64 bits per heavy atom. The summed E-state index contributed by atoms with van der Waals surface area (Å²) < 4.78 is 6.45. The maximum Gasteiger partial charge on any atom is 0.160 e. The highest BCUT2D eigenvalue weighted by Gasteiger charge is 2.54. The minimum atomic E-state index is -0.588. The van der Waals surface area contributed by atoms with Crippen molar-refractivity contribution in [3.8, 4) is 67.3 Å². The molecule has 2 aliphatic rings. The Kier molecular flexibility index (Phi) is 8.38. The first-order valence-corrected chi connectivity index (χ1v) is 22.9. The first kappa shape index (κ1) is 38.3. The van der Waals surface area contributed by atoms with Crippen LogP contribution in [0.15, 0.2) is 217 Å². The molecule has 2 heterocycles. The number of furan rings is 1. The van der Waals surface area contributed by atoms with Gasteiger partial charge in [0.05, 0.1) is 16.8 Å². The van der Waals surface area contributed by atoms with Gasteiger partial charge in [0.2, 0.25) is 0 Å². The van der Waals surface area contributed by atoms with E-state index >= 15 is 0 Å². The first-order chi connectivity index (χ1) is 32.4. The fourth-order valence-corrected chi connectivity index (χ4v) is 11.6. The highest BCUT2D eigenvalue weighted by Crippen LogP contribution is 2.64. The molecule has 0 bridgehead atoms. The topological polar surface area (TPSA) is 38.9 Å². The molecule has 0 unspecified atom stereocenters. The molecule has 3 heteroatoms. The lowest BCUT2D eigenvalue weighted by Crippen LogP contribution is -2.40. The summed E-state index contributed by atoms with van der Waals surface area (Å²) in [4.78, 5) is 11.0.